The molecule has 1 aromatic carbocycles. The van der Waals surface area contributed by atoms with Crippen molar-refractivity contribution in [3.8, 4) is 5.75 Å². The van der Waals surface area contributed by atoms with E-state index in [1.165, 1.54) is 18.4 Å². The maximum atomic E-state index is 5.91. The van der Waals surface area contributed by atoms with E-state index in [1.54, 1.807) is 0 Å². The summed E-state index contributed by atoms with van der Waals surface area (Å²) in [7, 11) is 0. The maximum absolute atomic E-state index is 5.91. The molecule has 2 heterocycles. The first kappa shape index (κ1) is 17.1. The predicted molar refractivity (Wildman–Crippen MR) is 96.7 cm³/mol. The zero-order chi connectivity index (χ0) is 16.8. The average molecular weight is 331 g/mol. The highest BCUT2D eigenvalue weighted by Crippen LogP contribution is 2.34. The van der Waals surface area contributed by atoms with Gasteiger partial charge in [0, 0.05) is 13.1 Å². The van der Waals surface area contributed by atoms with Crippen molar-refractivity contribution in [2.75, 3.05) is 19.7 Å². The van der Waals surface area contributed by atoms with Gasteiger partial charge in [0.05, 0.1) is 24.9 Å². The van der Waals surface area contributed by atoms with Gasteiger partial charge in [-0.3, -0.25) is 4.99 Å². The van der Waals surface area contributed by atoms with Crippen molar-refractivity contribution in [1.29, 1.82) is 0 Å². The van der Waals surface area contributed by atoms with E-state index in [1.807, 2.05) is 19.1 Å². The Morgan fingerprint density at radius 3 is 2.96 bits per heavy atom. The number of hydrogen-bond acceptors (Lipinski definition) is 3. The molecule has 2 aliphatic heterocycles. The molecule has 0 aliphatic carbocycles. The molecule has 3 rings (SSSR count). The zero-order valence-electron chi connectivity index (χ0n) is 14.8. The van der Waals surface area contributed by atoms with Crippen molar-refractivity contribution >= 4 is 5.96 Å². The van der Waals surface area contributed by atoms with Crippen molar-refractivity contribution < 1.29 is 9.47 Å². The molecule has 1 aromatic rings. The van der Waals surface area contributed by atoms with Crippen LogP contribution in [0.5, 0.6) is 5.75 Å². The van der Waals surface area contributed by atoms with Gasteiger partial charge in [-0.15, -0.1) is 0 Å². The van der Waals surface area contributed by atoms with Crippen molar-refractivity contribution in [2.24, 2.45) is 4.99 Å². The summed E-state index contributed by atoms with van der Waals surface area (Å²) in [5.41, 5.74) is 1.25. The van der Waals surface area contributed by atoms with Gasteiger partial charge in [0.1, 0.15) is 5.75 Å². The molecular formula is C19H29N3O2. The highest BCUT2D eigenvalue weighted by Gasteiger charge is 2.41. The molecule has 3 atom stereocenters. The van der Waals surface area contributed by atoms with Crippen LogP contribution < -0.4 is 15.4 Å². The number of nitrogens with one attached hydrogen (secondary N) is 2. The molecule has 5 heteroatoms. The summed E-state index contributed by atoms with van der Waals surface area (Å²) in [6.45, 7) is 6.42. The van der Waals surface area contributed by atoms with Crippen LogP contribution in [-0.2, 0) is 11.2 Å². The van der Waals surface area contributed by atoms with Crippen LogP contribution in [0.25, 0.3) is 0 Å². The van der Waals surface area contributed by atoms with Gasteiger partial charge < -0.3 is 20.1 Å². The van der Waals surface area contributed by atoms with Crippen LogP contribution in [0.3, 0.4) is 0 Å². The summed E-state index contributed by atoms with van der Waals surface area (Å²) >= 11 is 0. The number of guanidine groups is 1. The number of ether oxygens (including phenoxy) is 2. The summed E-state index contributed by atoms with van der Waals surface area (Å²) in [5.74, 6) is 1.84. The van der Waals surface area contributed by atoms with Crippen molar-refractivity contribution in [2.45, 2.75) is 57.8 Å². The van der Waals surface area contributed by atoms with E-state index in [-0.39, 0.29) is 0 Å². The second-order valence-corrected chi connectivity index (χ2v) is 6.45. The van der Waals surface area contributed by atoms with E-state index in [2.05, 4.69) is 29.7 Å². The van der Waals surface area contributed by atoms with Gasteiger partial charge in [0.2, 0.25) is 0 Å². The van der Waals surface area contributed by atoms with Crippen LogP contribution in [0, 0.1) is 0 Å². The topological polar surface area (TPSA) is 54.9 Å². The maximum Gasteiger partial charge on any atom is 0.191 e. The molecule has 132 valence electrons. The highest BCUT2D eigenvalue weighted by atomic mass is 16.5. The average Bonchev–Trinajstić information content (AvgIpc) is 3.18. The largest absolute Gasteiger partial charge is 0.494 e. The van der Waals surface area contributed by atoms with E-state index in [9.17, 15) is 0 Å². The summed E-state index contributed by atoms with van der Waals surface area (Å²) < 4.78 is 11.5. The molecule has 2 aliphatic rings. The number of fused-ring (bicyclic) bond motifs is 2. The highest BCUT2D eigenvalue weighted by molar-refractivity contribution is 5.80. The molecule has 2 N–H and O–H groups in total. The molecular weight excluding hydrogens is 302 g/mol. The molecule has 0 spiro atoms. The van der Waals surface area contributed by atoms with Crippen molar-refractivity contribution in [1.82, 2.24) is 10.6 Å². The summed E-state index contributed by atoms with van der Waals surface area (Å²) in [4.78, 5) is 4.73. The first-order valence-corrected chi connectivity index (χ1v) is 9.20. The lowest BCUT2D eigenvalue weighted by atomic mass is 9.96. The first-order valence-electron chi connectivity index (χ1n) is 9.20. The normalized spacial score (nSPS) is 25.8. The van der Waals surface area contributed by atoms with Crippen LogP contribution in [-0.4, -0.2) is 43.9 Å². The minimum Gasteiger partial charge on any atom is -0.494 e. The molecule has 2 fully saturated rings. The number of rotatable bonds is 7. The van der Waals surface area contributed by atoms with Crippen LogP contribution in [0.1, 0.15) is 38.7 Å². The van der Waals surface area contributed by atoms with E-state index in [4.69, 9.17) is 14.5 Å². The molecule has 0 aromatic heterocycles. The number of nitrogens with zero attached hydrogens (tertiary/aromatic N) is 1. The lowest BCUT2D eigenvalue weighted by Gasteiger charge is -2.22. The molecule has 0 amide bonds. The van der Waals surface area contributed by atoms with E-state index >= 15 is 0 Å². The van der Waals surface area contributed by atoms with Gasteiger partial charge in [0.15, 0.2) is 5.96 Å². The fourth-order valence-corrected chi connectivity index (χ4v) is 3.54. The van der Waals surface area contributed by atoms with E-state index in [0.29, 0.717) is 24.9 Å². The monoisotopic (exact) mass is 331 g/mol. The Hall–Kier alpha value is -1.75. The second kappa shape index (κ2) is 8.38. The first-order chi connectivity index (χ1) is 11.8. The minimum absolute atomic E-state index is 0.363. The zero-order valence-corrected chi connectivity index (χ0v) is 14.8. The Bertz CT molecular complexity index is 561. The third-order valence-corrected chi connectivity index (χ3v) is 4.65. The molecule has 2 bridgehead atoms. The molecule has 0 radical (unpaired) electrons. The smallest absolute Gasteiger partial charge is 0.191 e. The van der Waals surface area contributed by atoms with Crippen molar-refractivity contribution in [3.05, 3.63) is 29.8 Å². The number of aliphatic imine (C=N–C) groups is 1. The Kier molecular flexibility index (Phi) is 5.96. The summed E-state index contributed by atoms with van der Waals surface area (Å²) in [5, 5.41) is 6.90. The Balaban J connectivity index is 1.53. The molecule has 2 saturated heterocycles. The molecule has 5 nitrogen and oxygen atoms in total. The van der Waals surface area contributed by atoms with E-state index in [0.717, 1.165) is 37.6 Å². The van der Waals surface area contributed by atoms with Crippen LogP contribution in [0.15, 0.2) is 29.3 Å². The van der Waals surface area contributed by atoms with Crippen LogP contribution in [0.2, 0.25) is 0 Å². The third-order valence-electron chi connectivity index (χ3n) is 4.65. The van der Waals surface area contributed by atoms with Crippen LogP contribution in [0.4, 0.5) is 0 Å². The van der Waals surface area contributed by atoms with Gasteiger partial charge in [-0.25, -0.2) is 0 Å². The van der Waals surface area contributed by atoms with Crippen LogP contribution >= 0.6 is 0 Å². The third kappa shape index (κ3) is 4.41. The van der Waals surface area contributed by atoms with Crippen molar-refractivity contribution in [3.63, 3.8) is 0 Å². The Morgan fingerprint density at radius 1 is 1.33 bits per heavy atom. The lowest BCUT2D eigenvalue weighted by molar-refractivity contribution is 0.0992. The number of benzene rings is 1. The van der Waals surface area contributed by atoms with Gasteiger partial charge in [-0.2, -0.15) is 0 Å². The SMILES string of the molecule is CCNC(=NCCc1cccc(OCC)c1)NC1CC2CCC1O2. The summed E-state index contributed by atoms with van der Waals surface area (Å²) in [6.07, 6.45) is 5.22. The fraction of sp³-hybridized carbons (Fsp3) is 0.632. The lowest BCUT2D eigenvalue weighted by Crippen LogP contribution is -2.47. The fourth-order valence-electron chi connectivity index (χ4n) is 3.54. The Morgan fingerprint density at radius 2 is 2.25 bits per heavy atom. The molecule has 24 heavy (non-hydrogen) atoms. The number of hydrogen-bond donors (Lipinski definition) is 2. The molecule has 0 saturated carbocycles. The second-order valence-electron chi connectivity index (χ2n) is 6.45. The van der Waals surface area contributed by atoms with Gasteiger partial charge >= 0.3 is 0 Å². The standard InChI is InChI=1S/C19H29N3O2/c1-3-20-19(22-17-13-16-8-9-18(17)24-16)21-11-10-14-6-5-7-15(12-14)23-4-2/h5-7,12,16-18H,3-4,8-11,13H2,1-2H3,(H2,20,21,22). The summed E-state index contributed by atoms with van der Waals surface area (Å²) in [6, 6.07) is 8.67. The van der Waals surface area contributed by atoms with E-state index < -0.39 is 0 Å². The predicted octanol–water partition coefficient (Wildman–Crippen LogP) is 2.50. The quantitative estimate of drug-likeness (QED) is 0.595. The van der Waals surface area contributed by atoms with Gasteiger partial charge in [-0.1, -0.05) is 12.1 Å². The Labute approximate surface area is 144 Å². The minimum atomic E-state index is 0.363. The molecule has 3 unspecified atom stereocenters. The van der Waals surface area contributed by atoms with Gasteiger partial charge in [-0.05, 0) is 57.2 Å². The van der Waals surface area contributed by atoms with Gasteiger partial charge in [0.25, 0.3) is 0 Å².